The molecular weight excluding hydrogens is 261 g/mol. The molecule has 2 rings (SSSR count). The zero-order valence-corrected chi connectivity index (χ0v) is 9.77. The van der Waals surface area contributed by atoms with E-state index in [9.17, 15) is 18.0 Å². The van der Waals surface area contributed by atoms with Gasteiger partial charge >= 0.3 is 6.18 Å². The molecule has 0 aliphatic heterocycles. The molecule has 0 saturated carbocycles. The molecule has 0 aliphatic rings. The van der Waals surface area contributed by atoms with Crippen LogP contribution in [0, 0.1) is 0 Å². The second kappa shape index (κ2) is 4.71. The Labute approximate surface area is 106 Å². The van der Waals surface area contributed by atoms with Crippen molar-refractivity contribution in [3.05, 3.63) is 42.0 Å². The molecule has 0 saturated heterocycles. The summed E-state index contributed by atoms with van der Waals surface area (Å²) in [5, 5.41) is 5.07. The molecule has 2 aromatic heterocycles. The summed E-state index contributed by atoms with van der Waals surface area (Å²) >= 11 is 0. The van der Waals surface area contributed by atoms with Crippen LogP contribution >= 0.6 is 0 Å². The van der Waals surface area contributed by atoms with E-state index in [1.54, 1.807) is 17.2 Å². The molecule has 0 bridgehead atoms. The summed E-state index contributed by atoms with van der Waals surface area (Å²) in [4.78, 5) is 16.9. The molecule has 8 heteroatoms. The molecule has 19 heavy (non-hydrogen) atoms. The zero-order chi connectivity index (χ0) is 14.0. The van der Waals surface area contributed by atoms with E-state index in [1.807, 2.05) is 0 Å². The molecule has 2 aromatic rings. The van der Waals surface area contributed by atoms with Crippen molar-refractivity contribution in [3.8, 4) is 0 Å². The summed E-state index contributed by atoms with van der Waals surface area (Å²) < 4.78 is 38.0. The van der Waals surface area contributed by atoms with E-state index >= 15 is 0 Å². The van der Waals surface area contributed by atoms with Gasteiger partial charge in [-0.1, -0.05) is 0 Å². The summed E-state index contributed by atoms with van der Waals surface area (Å²) in [5.74, 6) is -0.811. The Morgan fingerprint density at radius 3 is 2.68 bits per heavy atom. The highest BCUT2D eigenvalue weighted by Gasteiger charge is 2.38. The number of nitrogens with one attached hydrogen (secondary N) is 1. The molecule has 0 unspecified atom stereocenters. The zero-order valence-electron chi connectivity index (χ0n) is 9.77. The third kappa shape index (κ3) is 2.56. The molecular formula is C11H9F3N4O. The molecule has 1 N–H and O–H groups in total. The minimum atomic E-state index is -4.66. The van der Waals surface area contributed by atoms with E-state index < -0.39 is 23.3 Å². The number of H-pyrrole nitrogens is 1. The van der Waals surface area contributed by atoms with Crippen molar-refractivity contribution in [2.24, 2.45) is 0 Å². The Hall–Kier alpha value is -2.38. The SMILES string of the molecule is CN(C(=O)c1cn[nH]c1C(F)(F)F)c1cccnc1. The van der Waals surface area contributed by atoms with Gasteiger partial charge in [0, 0.05) is 13.2 Å². The Morgan fingerprint density at radius 2 is 2.11 bits per heavy atom. The van der Waals surface area contributed by atoms with E-state index in [-0.39, 0.29) is 0 Å². The molecule has 0 aromatic carbocycles. The fourth-order valence-electron chi connectivity index (χ4n) is 1.51. The van der Waals surface area contributed by atoms with E-state index in [2.05, 4.69) is 10.1 Å². The van der Waals surface area contributed by atoms with Gasteiger partial charge in [-0.2, -0.15) is 18.3 Å². The summed E-state index contributed by atoms with van der Waals surface area (Å²) in [6.07, 6.45) is -0.915. The van der Waals surface area contributed by atoms with Crippen LogP contribution in [0.25, 0.3) is 0 Å². The fraction of sp³-hybridized carbons (Fsp3) is 0.182. The molecule has 0 spiro atoms. The predicted molar refractivity (Wildman–Crippen MR) is 60.6 cm³/mol. The second-order valence-electron chi connectivity index (χ2n) is 3.73. The molecule has 0 aliphatic carbocycles. The Kier molecular flexibility index (Phi) is 3.24. The van der Waals surface area contributed by atoms with Crippen molar-refractivity contribution >= 4 is 11.6 Å². The topological polar surface area (TPSA) is 61.9 Å². The first-order chi connectivity index (χ1) is 8.91. The highest BCUT2D eigenvalue weighted by Crippen LogP contribution is 2.30. The maximum atomic E-state index is 12.7. The minimum Gasteiger partial charge on any atom is -0.310 e. The number of rotatable bonds is 2. The van der Waals surface area contributed by atoms with Crippen molar-refractivity contribution in [3.63, 3.8) is 0 Å². The van der Waals surface area contributed by atoms with Crippen LogP contribution in [0.3, 0.4) is 0 Å². The number of halogens is 3. The van der Waals surface area contributed by atoms with E-state index in [4.69, 9.17) is 0 Å². The lowest BCUT2D eigenvalue weighted by molar-refractivity contribution is -0.141. The highest BCUT2D eigenvalue weighted by atomic mass is 19.4. The molecule has 2 heterocycles. The summed E-state index contributed by atoms with van der Waals surface area (Å²) in [5.41, 5.74) is -1.30. The standard InChI is InChI=1S/C11H9F3N4O/c1-18(7-3-2-4-15-5-7)10(19)8-6-16-17-9(8)11(12,13)14/h2-6H,1H3,(H,16,17). The Morgan fingerprint density at radius 1 is 1.37 bits per heavy atom. The van der Waals surface area contributed by atoms with E-state index in [0.717, 1.165) is 11.1 Å². The monoisotopic (exact) mass is 270 g/mol. The largest absolute Gasteiger partial charge is 0.433 e. The smallest absolute Gasteiger partial charge is 0.310 e. The van der Waals surface area contributed by atoms with Crippen molar-refractivity contribution in [2.45, 2.75) is 6.18 Å². The van der Waals surface area contributed by atoms with Crippen LogP contribution in [-0.4, -0.2) is 28.1 Å². The van der Waals surface area contributed by atoms with Crippen LogP contribution in [0.15, 0.2) is 30.7 Å². The first-order valence-electron chi connectivity index (χ1n) is 5.20. The van der Waals surface area contributed by atoms with Gasteiger partial charge in [-0.15, -0.1) is 0 Å². The molecule has 5 nitrogen and oxygen atoms in total. The van der Waals surface area contributed by atoms with Crippen molar-refractivity contribution in [1.82, 2.24) is 15.2 Å². The Balaban J connectivity index is 2.33. The number of carbonyl (C=O) groups excluding carboxylic acids is 1. The quantitative estimate of drug-likeness (QED) is 0.909. The fourth-order valence-corrected chi connectivity index (χ4v) is 1.51. The maximum Gasteiger partial charge on any atom is 0.433 e. The van der Waals surface area contributed by atoms with Crippen molar-refractivity contribution < 1.29 is 18.0 Å². The Bertz CT molecular complexity index is 579. The van der Waals surface area contributed by atoms with Gasteiger partial charge in [0.1, 0.15) is 0 Å². The number of nitrogens with zero attached hydrogens (tertiary/aromatic N) is 3. The van der Waals surface area contributed by atoms with Gasteiger partial charge in [-0.3, -0.25) is 14.9 Å². The summed E-state index contributed by atoms with van der Waals surface area (Å²) in [7, 11) is 1.37. The molecule has 0 radical (unpaired) electrons. The number of pyridine rings is 1. The van der Waals surface area contributed by atoms with Crippen LogP contribution < -0.4 is 4.90 Å². The number of anilines is 1. The van der Waals surface area contributed by atoms with Gasteiger partial charge in [0.15, 0.2) is 5.69 Å². The summed E-state index contributed by atoms with van der Waals surface area (Å²) in [6, 6.07) is 3.15. The van der Waals surface area contributed by atoms with E-state index in [0.29, 0.717) is 5.69 Å². The molecule has 0 atom stereocenters. The number of hydrogen-bond donors (Lipinski definition) is 1. The maximum absolute atomic E-state index is 12.7. The van der Waals surface area contributed by atoms with Crippen molar-refractivity contribution in [2.75, 3.05) is 11.9 Å². The first-order valence-corrected chi connectivity index (χ1v) is 5.20. The number of alkyl halides is 3. The van der Waals surface area contributed by atoms with Crippen molar-refractivity contribution in [1.29, 1.82) is 0 Å². The van der Waals surface area contributed by atoms with Crippen LogP contribution in [0.2, 0.25) is 0 Å². The van der Waals surface area contributed by atoms with Crippen LogP contribution in [0.4, 0.5) is 18.9 Å². The highest BCUT2D eigenvalue weighted by molar-refractivity contribution is 6.06. The number of aromatic amines is 1. The van der Waals surface area contributed by atoms with Gasteiger partial charge in [0.05, 0.1) is 23.6 Å². The molecule has 1 amide bonds. The van der Waals surface area contributed by atoms with Gasteiger partial charge < -0.3 is 4.90 Å². The number of hydrogen-bond acceptors (Lipinski definition) is 3. The van der Waals surface area contributed by atoms with Gasteiger partial charge in [0.2, 0.25) is 0 Å². The molecule has 100 valence electrons. The number of amides is 1. The van der Waals surface area contributed by atoms with Crippen LogP contribution in [0.1, 0.15) is 16.1 Å². The van der Waals surface area contributed by atoms with Gasteiger partial charge in [0.25, 0.3) is 5.91 Å². The third-order valence-corrected chi connectivity index (χ3v) is 2.49. The normalized spacial score (nSPS) is 11.4. The van der Waals surface area contributed by atoms with Crippen LogP contribution in [0.5, 0.6) is 0 Å². The number of carbonyl (C=O) groups is 1. The average molecular weight is 270 g/mol. The lowest BCUT2D eigenvalue weighted by Crippen LogP contribution is -2.28. The predicted octanol–water partition coefficient (Wildman–Crippen LogP) is 2.10. The third-order valence-electron chi connectivity index (χ3n) is 2.49. The van der Waals surface area contributed by atoms with E-state index in [1.165, 1.54) is 19.4 Å². The average Bonchev–Trinajstić information content (AvgIpc) is 2.87. The number of aromatic nitrogens is 3. The van der Waals surface area contributed by atoms with Crippen LogP contribution in [-0.2, 0) is 6.18 Å². The lowest BCUT2D eigenvalue weighted by atomic mass is 10.2. The minimum absolute atomic E-state index is 0.391. The van der Waals surface area contributed by atoms with Gasteiger partial charge in [-0.25, -0.2) is 0 Å². The lowest BCUT2D eigenvalue weighted by Gasteiger charge is -2.17. The van der Waals surface area contributed by atoms with Gasteiger partial charge in [-0.05, 0) is 12.1 Å². The second-order valence-corrected chi connectivity index (χ2v) is 3.73. The molecule has 0 fully saturated rings. The summed E-state index contributed by atoms with van der Waals surface area (Å²) in [6.45, 7) is 0. The first kappa shape index (κ1) is 13.1.